The topological polar surface area (TPSA) is 72.0 Å². The second-order valence-corrected chi connectivity index (χ2v) is 5.89. The van der Waals surface area contributed by atoms with E-state index < -0.39 is 0 Å². The van der Waals surface area contributed by atoms with Gasteiger partial charge in [-0.3, -0.25) is 0 Å². The standard InChI is InChI=1S/C15H27N5O/c1-5-7-11-9-12(11)17-14-18-13(16-8-6-2)19-15(20-14)21-10(3)4/h10-12H,5-9H2,1-4H3,(H2,16,17,18,19,20). The monoisotopic (exact) mass is 293 g/mol. The Balaban J connectivity index is 2.04. The Hall–Kier alpha value is -1.59. The molecule has 0 spiro atoms. The fourth-order valence-corrected chi connectivity index (χ4v) is 2.28. The van der Waals surface area contributed by atoms with Crippen molar-refractivity contribution < 1.29 is 4.74 Å². The molecule has 0 aliphatic heterocycles. The highest BCUT2D eigenvalue weighted by Crippen LogP contribution is 2.36. The van der Waals surface area contributed by atoms with E-state index in [1.807, 2.05) is 13.8 Å². The summed E-state index contributed by atoms with van der Waals surface area (Å²) in [6, 6.07) is 0.882. The summed E-state index contributed by atoms with van der Waals surface area (Å²) in [7, 11) is 0. The molecule has 6 nitrogen and oxygen atoms in total. The molecule has 2 N–H and O–H groups in total. The third-order valence-electron chi connectivity index (χ3n) is 3.39. The van der Waals surface area contributed by atoms with Gasteiger partial charge in [-0.25, -0.2) is 0 Å². The van der Waals surface area contributed by atoms with Crippen LogP contribution in [0.5, 0.6) is 6.01 Å². The number of nitrogens with one attached hydrogen (secondary N) is 2. The Morgan fingerprint density at radius 3 is 2.57 bits per heavy atom. The summed E-state index contributed by atoms with van der Waals surface area (Å²) < 4.78 is 5.61. The average molecular weight is 293 g/mol. The zero-order valence-electron chi connectivity index (χ0n) is 13.5. The van der Waals surface area contributed by atoms with Crippen molar-refractivity contribution in [3.63, 3.8) is 0 Å². The number of rotatable bonds is 9. The van der Waals surface area contributed by atoms with E-state index in [2.05, 4.69) is 39.4 Å². The molecular weight excluding hydrogens is 266 g/mol. The van der Waals surface area contributed by atoms with Crippen LogP contribution >= 0.6 is 0 Å². The van der Waals surface area contributed by atoms with E-state index in [0.29, 0.717) is 23.9 Å². The molecule has 0 amide bonds. The van der Waals surface area contributed by atoms with E-state index in [0.717, 1.165) is 18.9 Å². The van der Waals surface area contributed by atoms with Gasteiger partial charge in [0.1, 0.15) is 0 Å². The van der Waals surface area contributed by atoms with Crippen LogP contribution in [0.1, 0.15) is 53.4 Å². The largest absolute Gasteiger partial charge is 0.461 e. The highest BCUT2D eigenvalue weighted by atomic mass is 16.5. The zero-order valence-corrected chi connectivity index (χ0v) is 13.5. The molecule has 1 saturated carbocycles. The second-order valence-electron chi connectivity index (χ2n) is 5.89. The highest BCUT2D eigenvalue weighted by molar-refractivity contribution is 5.38. The minimum Gasteiger partial charge on any atom is -0.461 e. The summed E-state index contributed by atoms with van der Waals surface area (Å²) in [5, 5.41) is 6.60. The summed E-state index contributed by atoms with van der Waals surface area (Å²) in [4.78, 5) is 13.1. The second kappa shape index (κ2) is 7.43. The first-order valence-corrected chi connectivity index (χ1v) is 8.05. The van der Waals surface area contributed by atoms with Gasteiger partial charge < -0.3 is 15.4 Å². The Bertz CT molecular complexity index is 452. The first kappa shape index (κ1) is 15.8. The van der Waals surface area contributed by atoms with Gasteiger partial charge in [-0.15, -0.1) is 0 Å². The molecule has 1 aliphatic rings. The minimum atomic E-state index is 0.0491. The maximum Gasteiger partial charge on any atom is 0.323 e. The summed E-state index contributed by atoms with van der Waals surface area (Å²) in [6.45, 7) is 9.10. The average Bonchev–Trinajstić information content (AvgIpc) is 3.13. The summed E-state index contributed by atoms with van der Waals surface area (Å²) in [5.74, 6) is 1.95. The molecule has 0 saturated heterocycles. The van der Waals surface area contributed by atoms with Gasteiger partial charge in [-0.1, -0.05) is 20.3 Å². The van der Waals surface area contributed by atoms with Crippen LogP contribution in [0.15, 0.2) is 0 Å². The number of anilines is 2. The van der Waals surface area contributed by atoms with E-state index in [9.17, 15) is 0 Å². The van der Waals surface area contributed by atoms with E-state index in [1.54, 1.807) is 0 Å². The third kappa shape index (κ3) is 5.02. The van der Waals surface area contributed by atoms with Crippen LogP contribution in [0.25, 0.3) is 0 Å². The van der Waals surface area contributed by atoms with Gasteiger partial charge in [0, 0.05) is 12.6 Å². The highest BCUT2D eigenvalue weighted by Gasteiger charge is 2.36. The molecule has 0 bridgehead atoms. The van der Waals surface area contributed by atoms with Gasteiger partial charge in [0.25, 0.3) is 0 Å². The molecule has 118 valence electrons. The molecule has 2 rings (SSSR count). The number of nitrogens with zero attached hydrogens (tertiary/aromatic N) is 3. The summed E-state index contributed by atoms with van der Waals surface area (Å²) in [5.41, 5.74) is 0. The normalized spacial score (nSPS) is 20.4. The quantitative estimate of drug-likeness (QED) is 0.729. The van der Waals surface area contributed by atoms with Gasteiger partial charge >= 0.3 is 6.01 Å². The zero-order chi connectivity index (χ0) is 15.2. The van der Waals surface area contributed by atoms with Gasteiger partial charge in [0.05, 0.1) is 6.10 Å². The lowest BCUT2D eigenvalue weighted by Crippen LogP contribution is -2.15. The van der Waals surface area contributed by atoms with Crippen LogP contribution in [-0.2, 0) is 0 Å². The predicted octanol–water partition coefficient (Wildman–Crippen LogP) is 3.08. The lowest BCUT2D eigenvalue weighted by molar-refractivity contribution is 0.222. The van der Waals surface area contributed by atoms with E-state index in [1.165, 1.54) is 19.3 Å². The van der Waals surface area contributed by atoms with Crippen molar-refractivity contribution in [2.45, 2.75) is 65.5 Å². The van der Waals surface area contributed by atoms with Crippen molar-refractivity contribution in [3.8, 4) is 6.01 Å². The Kier molecular flexibility index (Phi) is 5.59. The SMILES string of the molecule is CCCNc1nc(NC2CC2CCC)nc(OC(C)C)n1. The molecule has 2 unspecified atom stereocenters. The van der Waals surface area contributed by atoms with Crippen molar-refractivity contribution in [2.75, 3.05) is 17.2 Å². The lowest BCUT2D eigenvalue weighted by Gasteiger charge is -2.12. The lowest BCUT2D eigenvalue weighted by atomic mass is 10.2. The summed E-state index contributed by atoms with van der Waals surface area (Å²) in [6.07, 6.45) is 4.77. The van der Waals surface area contributed by atoms with E-state index >= 15 is 0 Å². The van der Waals surface area contributed by atoms with Gasteiger partial charge in [0.2, 0.25) is 11.9 Å². The van der Waals surface area contributed by atoms with Crippen molar-refractivity contribution in [2.24, 2.45) is 5.92 Å². The molecule has 1 aliphatic carbocycles. The van der Waals surface area contributed by atoms with E-state index in [-0.39, 0.29) is 6.10 Å². The van der Waals surface area contributed by atoms with Crippen molar-refractivity contribution >= 4 is 11.9 Å². The molecule has 2 atom stereocenters. The molecule has 0 aromatic carbocycles. The minimum absolute atomic E-state index is 0.0491. The van der Waals surface area contributed by atoms with Gasteiger partial charge in [0.15, 0.2) is 0 Å². The van der Waals surface area contributed by atoms with Crippen LogP contribution < -0.4 is 15.4 Å². The van der Waals surface area contributed by atoms with Crippen LogP contribution in [0, 0.1) is 5.92 Å². The number of ether oxygens (including phenoxy) is 1. The third-order valence-corrected chi connectivity index (χ3v) is 3.39. The number of aromatic nitrogens is 3. The predicted molar refractivity (Wildman–Crippen MR) is 84.8 cm³/mol. The fraction of sp³-hybridized carbons (Fsp3) is 0.800. The van der Waals surface area contributed by atoms with Crippen LogP contribution in [0.4, 0.5) is 11.9 Å². The molecule has 1 aromatic rings. The van der Waals surface area contributed by atoms with Crippen LogP contribution in [0.2, 0.25) is 0 Å². The van der Waals surface area contributed by atoms with Crippen molar-refractivity contribution in [3.05, 3.63) is 0 Å². The molecule has 0 radical (unpaired) electrons. The molecule has 1 heterocycles. The maximum absolute atomic E-state index is 5.61. The first-order chi connectivity index (χ1) is 10.1. The van der Waals surface area contributed by atoms with Gasteiger partial charge in [-0.2, -0.15) is 15.0 Å². The molecule has 1 fully saturated rings. The van der Waals surface area contributed by atoms with Crippen molar-refractivity contribution in [1.29, 1.82) is 0 Å². The van der Waals surface area contributed by atoms with Crippen molar-refractivity contribution in [1.82, 2.24) is 15.0 Å². The van der Waals surface area contributed by atoms with Crippen LogP contribution in [0.3, 0.4) is 0 Å². The smallest absolute Gasteiger partial charge is 0.323 e. The molecular formula is C15H27N5O. The van der Waals surface area contributed by atoms with Crippen LogP contribution in [-0.4, -0.2) is 33.6 Å². The van der Waals surface area contributed by atoms with Gasteiger partial charge in [-0.05, 0) is 39.0 Å². The Morgan fingerprint density at radius 1 is 1.14 bits per heavy atom. The maximum atomic E-state index is 5.61. The number of hydrogen-bond acceptors (Lipinski definition) is 6. The molecule has 6 heteroatoms. The molecule has 21 heavy (non-hydrogen) atoms. The fourth-order valence-electron chi connectivity index (χ4n) is 2.28. The van der Waals surface area contributed by atoms with E-state index in [4.69, 9.17) is 4.74 Å². The summed E-state index contributed by atoms with van der Waals surface area (Å²) >= 11 is 0. The molecule has 1 aromatic heterocycles. The first-order valence-electron chi connectivity index (χ1n) is 8.05. The number of hydrogen-bond donors (Lipinski definition) is 2. The Labute approximate surface area is 127 Å². The Morgan fingerprint density at radius 2 is 1.90 bits per heavy atom.